The number of nitrogens with zero attached hydrogens (tertiary/aromatic N) is 1. The molecule has 0 radical (unpaired) electrons. The van der Waals surface area contributed by atoms with Gasteiger partial charge in [0.1, 0.15) is 12.1 Å². The van der Waals surface area contributed by atoms with Crippen molar-refractivity contribution in [3.05, 3.63) is 65.7 Å². The highest BCUT2D eigenvalue weighted by atomic mass is 16.6. The summed E-state index contributed by atoms with van der Waals surface area (Å²) in [5, 5.41) is 9.24. The summed E-state index contributed by atoms with van der Waals surface area (Å²) in [4.78, 5) is 25.6. The fraction of sp³-hybridized carbons (Fsp3) is 0.417. The van der Waals surface area contributed by atoms with E-state index in [4.69, 9.17) is 4.74 Å². The third-order valence-corrected chi connectivity index (χ3v) is 4.44. The Morgan fingerprint density at radius 3 is 1.97 bits per heavy atom. The number of carboxylic acids is 1. The van der Waals surface area contributed by atoms with Crippen molar-refractivity contribution in [3.8, 4) is 0 Å². The van der Waals surface area contributed by atoms with E-state index < -0.39 is 17.0 Å². The van der Waals surface area contributed by atoms with Crippen LogP contribution in [0.4, 0.5) is 5.69 Å². The molecule has 0 aliphatic heterocycles. The molecule has 2 rings (SSSR count). The number of esters is 1. The molecule has 0 atom stereocenters. The lowest BCUT2D eigenvalue weighted by Crippen LogP contribution is -2.35. The van der Waals surface area contributed by atoms with E-state index >= 15 is 0 Å². The van der Waals surface area contributed by atoms with Crippen LogP contribution < -0.4 is 4.90 Å². The molecule has 0 saturated heterocycles. The second-order valence-corrected chi connectivity index (χ2v) is 8.96. The fourth-order valence-electron chi connectivity index (χ4n) is 3.02. The van der Waals surface area contributed by atoms with Gasteiger partial charge in [0.15, 0.2) is 0 Å². The number of aliphatic carboxylic acids is 1. The summed E-state index contributed by atoms with van der Waals surface area (Å²) in [6.45, 7) is 9.80. The van der Waals surface area contributed by atoms with Gasteiger partial charge in [-0.1, -0.05) is 42.5 Å². The number of hydrogen-bond acceptors (Lipinski definition) is 4. The summed E-state index contributed by atoms with van der Waals surface area (Å²) in [6.07, 6.45) is 0.569. The molecule has 5 nitrogen and oxygen atoms in total. The molecular formula is C24H31NO4. The van der Waals surface area contributed by atoms with Crippen LogP contribution in [0.1, 0.15) is 45.7 Å². The molecule has 1 N–H and O–H groups in total. The maximum atomic E-state index is 12.5. The zero-order valence-electron chi connectivity index (χ0n) is 17.9. The molecule has 0 heterocycles. The molecule has 0 bridgehead atoms. The zero-order chi connectivity index (χ0) is 21.7. The minimum atomic E-state index is -0.871. The molecule has 2 aromatic rings. The summed E-state index contributed by atoms with van der Waals surface area (Å²) in [6, 6.07) is 17.5. The molecule has 0 aliphatic carbocycles. The van der Waals surface area contributed by atoms with Crippen LogP contribution in [0, 0.1) is 5.41 Å². The van der Waals surface area contributed by atoms with Crippen LogP contribution >= 0.6 is 0 Å². The van der Waals surface area contributed by atoms with Crippen molar-refractivity contribution in [2.24, 2.45) is 5.41 Å². The van der Waals surface area contributed by atoms with Crippen molar-refractivity contribution in [2.45, 2.75) is 53.2 Å². The molecule has 29 heavy (non-hydrogen) atoms. The topological polar surface area (TPSA) is 66.8 Å². The fourth-order valence-corrected chi connectivity index (χ4v) is 3.02. The van der Waals surface area contributed by atoms with E-state index in [9.17, 15) is 14.7 Å². The summed E-state index contributed by atoms with van der Waals surface area (Å²) in [5.74, 6) is -1.09. The predicted octanol–water partition coefficient (Wildman–Crippen LogP) is 4.69. The van der Waals surface area contributed by atoms with Gasteiger partial charge in [0.05, 0.1) is 5.41 Å². The number of benzene rings is 2. The van der Waals surface area contributed by atoms with Gasteiger partial charge in [-0.3, -0.25) is 9.59 Å². The number of ether oxygens (including phenoxy) is 1. The molecule has 5 heteroatoms. The van der Waals surface area contributed by atoms with E-state index in [1.54, 1.807) is 0 Å². The van der Waals surface area contributed by atoms with Gasteiger partial charge in [-0.15, -0.1) is 0 Å². The van der Waals surface area contributed by atoms with E-state index in [1.807, 2.05) is 94.1 Å². The van der Waals surface area contributed by atoms with Crippen molar-refractivity contribution in [1.29, 1.82) is 0 Å². The van der Waals surface area contributed by atoms with Crippen LogP contribution in [0.2, 0.25) is 0 Å². The number of hydrogen-bond donors (Lipinski definition) is 1. The minimum absolute atomic E-state index is 0.0720. The van der Waals surface area contributed by atoms with Gasteiger partial charge in [0.25, 0.3) is 0 Å². The number of rotatable bonds is 8. The second-order valence-electron chi connectivity index (χ2n) is 8.96. The highest BCUT2D eigenvalue weighted by Gasteiger charge is 2.32. The third kappa shape index (κ3) is 7.26. The van der Waals surface area contributed by atoms with Gasteiger partial charge in [-0.05, 0) is 64.3 Å². The molecule has 0 saturated carbocycles. The molecule has 2 aromatic carbocycles. The highest BCUT2D eigenvalue weighted by Crippen LogP contribution is 2.27. The van der Waals surface area contributed by atoms with Gasteiger partial charge in [0, 0.05) is 12.2 Å². The Kier molecular flexibility index (Phi) is 7.07. The van der Waals surface area contributed by atoms with E-state index in [0.29, 0.717) is 13.0 Å². The van der Waals surface area contributed by atoms with Crippen molar-refractivity contribution < 1.29 is 19.4 Å². The average Bonchev–Trinajstić information content (AvgIpc) is 2.61. The Morgan fingerprint density at radius 1 is 0.897 bits per heavy atom. The normalized spacial score (nSPS) is 11.8. The smallest absolute Gasteiger partial charge is 0.323 e. The van der Waals surface area contributed by atoms with Crippen molar-refractivity contribution in [1.82, 2.24) is 0 Å². The van der Waals surface area contributed by atoms with Crippen LogP contribution in [0.3, 0.4) is 0 Å². The maximum Gasteiger partial charge on any atom is 0.323 e. The predicted molar refractivity (Wildman–Crippen MR) is 115 cm³/mol. The van der Waals surface area contributed by atoms with Gasteiger partial charge in [0.2, 0.25) is 0 Å². The lowest BCUT2D eigenvalue weighted by Gasteiger charge is -2.28. The number of para-hydroxylation sites is 1. The van der Waals surface area contributed by atoms with E-state index in [0.717, 1.165) is 16.8 Å². The molecular weight excluding hydrogens is 366 g/mol. The SMILES string of the molecule is CC(C)(C)OC(=O)C(C)(C)Cc1ccc(CN(CC(=O)O)c2ccccc2)cc1. The first-order chi connectivity index (χ1) is 13.5. The quantitative estimate of drug-likeness (QED) is 0.655. The monoisotopic (exact) mass is 397 g/mol. The van der Waals surface area contributed by atoms with Crippen molar-refractivity contribution >= 4 is 17.6 Å². The summed E-state index contributed by atoms with van der Waals surface area (Å²) >= 11 is 0. The number of carbonyl (C=O) groups is 2. The lowest BCUT2D eigenvalue weighted by atomic mass is 9.85. The minimum Gasteiger partial charge on any atom is -0.480 e. The van der Waals surface area contributed by atoms with E-state index in [-0.39, 0.29) is 12.5 Å². The van der Waals surface area contributed by atoms with E-state index in [1.165, 1.54) is 0 Å². The largest absolute Gasteiger partial charge is 0.480 e. The summed E-state index contributed by atoms with van der Waals surface area (Å²) in [7, 11) is 0. The van der Waals surface area contributed by atoms with E-state index in [2.05, 4.69) is 0 Å². The van der Waals surface area contributed by atoms with Crippen molar-refractivity contribution in [3.63, 3.8) is 0 Å². The average molecular weight is 398 g/mol. The lowest BCUT2D eigenvalue weighted by molar-refractivity contribution is -0.165. The molecule has 0 unspecified atom stereocenters. The number of anilines is 1. The Hall–Kier alpha value is -2.82. The highest BCUT2D eigenvalue weighted by molar-refractivity contribution is 5.76. The molecule has 0 aromatic heterocycles. The Bertz CT molecular complexity index is 820. The molecule has 0 aliphatic rings. The van der Waals surface area contributed by atoms with Gasteiger partial charge >= 0.3 is 11.9 Å². The Labute approximate surface area is 173 Å². The molecule has 0 fully saturated rings. The maximum absolute atomic E-state index is 12.5. The zero-order valence-corrected chi connectivity index (χ0v) is 17.9. The van der Waals surface area contributed by atoms with Crippen LogP contribution in [0.15, 0.2) is 54.6 Å². The molecule has 0 amide bonds. The third-order valence-electron chi connectivity index (χ3n) is 4.44. The number of carbonyl (C=O) groups excluding carboxylic acids is 1. The van der Waals surface area contributed by atoms with Gasteiger partial charge in [-0.25, -0.2) is 0 Å². The number of carboxylic acid groups (broad SMARTS) is 1. The standard InChI is InChI=1S/C24H31NO4/c1-23(2,3)29-22(28)24(4,5)15-18-11-13-19(14-12-18)16-25(17-21(26)27)20-9-7-6-8-10-20/h6-14H,15-17H2,1-5H3,(H,26,27). The molecule has 0 spiro atoms. The summed E-state index contributed by atoms with van der Waals surface area (Å²) in [5.41, 5.74) is 1.77. The first kappa shape index (κ1) is 22.5. The first-order valence-corrected chi connectivity index (χ1v) is 9.79. The van der Waals surface area contributed by atoms with Crippen LogP contribution in [0.25, 0.3) is 0 Å². The molecule has 156 valence electrons. The van der Waals surface area contributed by atoms with Gasteiger partial charge in [-0.2, -0.15) is 0 Å². The van der Waals surface area contributed by atoms with Crippen LogP contribution in [-0.2, 0) is 27.3 Å². The van der Waals surface area contributed by atoms with Crippen LogP contribution in [0.5, 0.6) is 0 Å². The van der Waals surface area contributed by atoms with Gasteiger partial charge < -0.3 is 14.7 Å². The Morgan fingerprint density at radius 2 is 1.45 bits per heavy atom. The second kappa shape index (κ2) is 9.12. The summed E-state index contributed by atoms with van der Waals surface area (Å²) < 4.78 is 5.54. The Balaban J connectivity index is 2.08. The first-order valence-electron chi connectivity index (χ1n) is 9.79. The van der Waals surface area contributed by atoms with Crippen molar-refractivity contribution in [2.75, 3.05) is 11.4 Å². The van der Waals surface area contributed by atoms with Crippen LogP contribution in [-0.4, -0.2) is 29.2 Å².